The second-order valence-corrected chi connectivity index (χ2v) is 10.0. The van der Waals surface area contributed by atoms with Crippen molar-refractivity contribution < 1.29 is 23.1 Å². The predicted molar refractivity (Wildman–Crippen MR) is 140 cm³/mol. The smallest absolute Gasteiger partial charge is 0.321 e. The third-order valence-corrected chi connectivity index (χ3v) is 7.64. The van der Waals surface area contributed by atoms with Crippen LogP contribution in [0.4, 0.5) is 18.0 Å². The van der Waals surface area contributed by atoms with E-state index in [0.717, 1.165) is 23.9 Å². The molecule has 1 fully saturated rings. The molecule has 0 spiro atoms. The maximum Gasteiger partial charge on any atom is 0.321 e. The Labute approximate surface area is 225 Å². The molecule has 10 heteroatoms. The Bertz CT molecular complexity index is 1340. The normalized spacial score (nSPS) is 23.5. The predicted octanol–water partition coefficient (Wildman–Crippen LogP) is 4.01. The van der Waals surface area contributed by atoms with Crippen LogP contribution in [0.1, 0.15) is 23.2 Å². The molecular weight excluding hydrogens is 507 g/mol. The van der Waals surface area contributed by atoms with E-state index in [9.17, 15) is 18.7 Å². The highest BCUT2D eigenvalue weighted by Crippen LogP contribution is 2.41. The molecule has 1 N–H and O–H groups in total. The SMILES string of the molecule is CN(C(=O)N1CC(c2cc(F)ccc2F)=C[C@@]1(CO)c1ccccc1)C1CCN(Cc2cnccn2)CC1F. The van der Waals surface area contributed by atoms with Gasteiger partial charge in [0, 0.05) is 57.4 Å². The van der Waals surface area contributed by atoms with Gasteiger partial charge < -0.3 is 14.9 Å². The fourth-order valence-electron chi connectivity index (χ4n) is 5.56. The van der Waals surface area contributed by atoms with Crippen LogP contribution in [0.15, 0.2) is 73.2 Å². The van der Waals surface area contributed by atoms with Crippen molar-refractivity contribution in [2.75, 3.05) is 33.3 Å². The summed E-state index contributed by atoms with van der Waals surface area (Å²) in [4.78, 5) is 27.0. The highest BCUT2D eigenvalue weighted by molar-refractivity contribution is 5.83. The molecule has 7 nitrogen and oxygen atoms in total. The third kappa shape index (κ3) is 5.26. The number of piperidine rings is 1. The van der Waals surface area contributed by atoms with Gasteiger partial charge in [0.05, 0.1) is 18.3 Å². The fraction of sp³-hybridized carbons (Fsp3) is 0.345. The van der Waals surface area contributed by atoms with Crippen molar-refractivity contribution >= 4 is 11.6 Å². The summed E-state index contributed by atoms with van der Waals surface area (Å²) in [5, 5.41) is 10.7. The number of benzene rings is 2. The minimum atomic E-state index is -1.33. The molecule has 2 amide bonds. The highest BCUT2D eigenvalue weighted by Gasteiger charge is 2.47. The summed E-state index contributed by atoms with van der Waals surface area (Å²) in [6.45, 7) is 0.564. The van der Waals surface area contributed by atoms with E-state index in [-0.39, 0.29) is 18.7 Å². The topological polar surface area (TPSA) is 72.8 Å². The molecule has 0 bridgehead atoms. The number of alkyl halides is 1. The molecule has 1 aromatic heterocycles. The van der Waals surface area contributed by atoms with E-state index in [2.05, 4.69) is 9.97 Å². The lowest BCUT2D eigenvalue weighted by Gasteiger charge is -2.43. The van der Waals surface area contributed by atoms with E-state index < -0.39 is 42.0 Å². The second-order valence-electron chi connectivity index (χ2n) is 10.0. The maximum absolute atomic E-state index is 15.5. The van der Waals surface area contributed by atoms with Gasteiger partial charge in [-0.05, 0) is 41.8 Å². The summed E-state index contributed by atoms with van der Waals surface area (Å²) in [5.41, 5.74) is 0.392. The summed E-state index contributed by atoms with van der Waals surface area (Å²) >= 11 is 0. The third-order valence-electron chi connectivity index (χ3n) is 7.64. The molecule has 0 aliphatic carbocycles. The van der Waals surface area contributed by atoms with Crippen LogP contribution in [0, 0.1) is 11.6 Å². The number of carbonyl (C=O) groups is 1. The average molecular weight is 538 g/mol. The number of nitrogens with zero attached hydrogens (tertiary/aromatic N) is 5. The van der Waals surface area contributed by atoms with Gasteiger partial charge in [-0.1, -0.05) is 30.3 Å². The molecule has 2 aliphatic heterocycles. The number of halogens is 3. The Hall–Kier alpha value is -3.76. The number of urea groups is 1. The average Bonchev–Trinajstić information content (AvgIpc) is 3.35. The minimum absolute atomic E-state index is 0.0161. The van der Waals surface area contributed by atoms with Gasteiger partial charge in [-0.2, -0.15) is 0 Å². The van der Waals surface area contributed by atoms with Crippen LogP contribution in [0.25, 0.3) is 5.57 Å². The Morgan fingerprint density at radius 1 is 1.18 bits per heavy atom. The van der Waals surface area contributed by atoms with Crippen LogP contribution in [0.3, 0.4) is 0 Å². The van der Waals surface area contributed by atoms with Crippen molar-refractivity contribution in [1.82, 2.24) is 24.7 Å². The number of likely N-dealkylation sites (tertiary alicyclic amines) is 1. The van der Waals surface area contributed by atoms with Gasteiger partial charge in [0.15, 0.2) is 0 Å². The zero-order valence-electron chi connectivity index (χ0n) is 21.6. The summed E-state index contributed by atoms with van der Waals surface area (Å²) in [5.74, 6) is -1.25. The summed E-state index contributed by atoms with van der Waals surface area (Å²) in [6.07, 6.45) is 5.51. The highest BCUT2D eigenvalue weighted by atomic mass is 19.1. The van der Waals surface area contributed by atoms with Crippen molar-refractivity contribution in [2.24, 2.45) is 0 Å². The summed E-state index contributed by atoms with van der Waals surface area (Å²) < 4.78 is 44.3. The Kier molecular flexibility index (Phi) is 7.67. The molecule has 3 atom stereocenters. The van der Waals surface area contributed by atoms with E-state index in [4.69, 9.17) is 0 Å². The molecule has 2 unspecified atom stereocenters. The van der Waals surface area contributed by atoms with Crippen LogP contribution < -0.4 is 0 Å². The van der Waals surface area contributed by atoms with Gasteiger partial charge in [-0.15, -0.1) is 0 Å². The molecule has 0 radical (unpaired) electrons. The van der Waals surface area contributed by atoms with Crippen molar-refractivity contribution in [3.05, 3.63) is 102 Å². The van der Waals surface area contributed by atoms with Gasteiger partial charge in [-0.3, -0.25) is 14.9 Å². The number of hydrogen-bond donors (Lipinski definition) is 1. The van der Waals surface area contributed by atoms with Crippen molar-refractivity contribution in [3.8, 4) is 0 Å². The second kappa shape index (κ2) is 11.2. The van der Waals surface area contributed by atoms with Crippen LogP contribution in [-0.4, -0.2) is 81.3 Å². The van der Waals surface area contributed by atoms with E-state index in [1.54, 1.807) is 62.0 Å². The zero-order valence-corrected chi connectivity index (χ0v) is 21.6. The molecule has 1 saturated heterocycles. The van der Waals surface area contributed by atoms with Crippen molar-refractivity contribution in [3.63, 3.8) is 0 Å². The number of carbonyl (C=O) groups excluding carboxylic acids is 1. The minimum Gasteiger partial charge on any atom is -0.393 e. The van der Waals surface area contributed by atoms with Crippen molar-refractivity contribution in [1.29, 1.82) is 0 Å². The van der Waals surface area contributed by atoms with E-state index >= 15 is 4.39 Å². The van der Waals surface area contributed by atoms with Crippen LogP contribution >= 0.6 is 0 Å². The van der Waals surface area contributed by atoms with Crippen molar-refractivity contribution in [2.45, 2.75) is 30.7 Å². The van der Waals surface area contributed by atoms with E-state index in [0.29, 0.717) is 30.6 Å². The quantitative estimate of drug-likeness (QED) is 0.515. The number of hydrogen-bond acceptors (Lipinski definition) is 5. The Morgan fingerprint density at radius 2 is 1.97 bits per heavy atom. The van der Waals surface area contributed by atoms with Gasteiger partial charge in [0.1, 0.15) is 23.3 Å². The largest absolute Gasteiger partial charge is 0.393 e. The first-order valence-corrected chi connectivity index (χ1v) is 12.8. The summed E-state index contributed by atoms with van der Waals surface area (Å²) in [7, 11) is 1.55. The van der Waals surface area contributed by atoms with E-state index in [1.165, 1.54) is 9.80 Å². The first kappa shape index (κ1) is 26.8. The molecule has 2 aromatic carbocycles. The lowest BCUT2D eigenvalue weighted by molar-refractivity contribution is 0.0332. The Balaban J connectivity index is 1.40. The van der Waals surface area contributed by atoms with Gasteiger partial charge in [-0.25, -0.2) is 18.0 Å². The molecule has 3 aromatic rings. The fourth-order valence-corrected chi connectivity index (χ4v) is 5.56. The molecule has 5 rings (SSSR count). The molecular formula is C29H30F3N5O2. The number of aliphatic hydroxyl groups is 1. The number of aliphatic hydroxyl groups excluding tert-OH is 1. The number of aromatic nitrogens is 2. The first-order chi connectivity index (χ1) is 18.8. The van der Waals surface area contributed by atoms with Gasteiger partial charge in [0.2, 0.25) is 0 Å². The van der Waals surface area contributed by atoms with E-state index in [1.807, 2.05) is 4.90 Å². The lowest BCUT2D eigenvalue weighted by atomic mass is 9.89. The zero-order chi connectivity index (χ0) is 27.6. The molecule has 39 heavy (non-hydrogen) atoms. The van der Waals surface area contributed by atoms with Gasteiger partial charge in [0.25, 0.3) is 0 Å². The number of amides is 2. The standard InChI is InChI=1S/C29H30F3N5O2/c1-35(27-9-12-36(18-26(27)32)17-23-15-33-10-11-34-23)28(39)37-16-20(24-13-22(30)7-8-25(24)31)14-29(37,19-38)21-5-3-2-4-6-21/h2-8,10-11,13-15,26-27,38H,9,12,16-19H2,1H3/t26?,27?,29-/m1/s1. The van der Waals surface area contributed by atoms with Gasteiger partial charge >= 0.3 is 6.03 Å². The molecule has 204 valence electrons. The Morgan fingerprint density at radius 3 is 2.67 bits per heavy atom. The van der Waals surface area contributed by atoms with Crippen LogP contribution in [0.5, 0.6) is 0 Å². The lowest BCUT2D eigenvalue weighted by Crippen LogP contribution is -2.58. The van der Waals surface area contributed by atoms with Crippen LogP contribution in [0.2, 0.25) is 0 Å². The molecule has 3 heterocycles. The number of rotatable bonds is 6. The monoisotopic (exact) mass is 537 g/mol. The maximum atomic E-state index is 15.5. The molecule has 0 saturated carbocycles. The molecule has 2 aliphatic rings. The first-order valence-electron chi connectivity index (χ1n) is 12.8. The summed E-state index contributed by atoms with van der Waals surface area (Å²) in [6, 6.07) is 10.8. The van der Waals surface area contributed by atoms with Crippen LogP contribution in [-0.2, 0) is 12.1 Å².